The lowest BCUT2D eigenvalue weighted by atomic mass is 10.1. The number of aromatic nitrogens is 3. The number of nitrogens with zero attached hydrogens (tertiary/aromatic N) is 3. The molecule has 2 aromatic carbocycles. The lowest BCUT2D eigenvalue weighted by Gasteiger charge is -2.20. The Morgan fingerprint density at radius 1 is 0.900 bits per heavy atom. The first kappa shape index (κ1) is 29.0. The zero-order valence-corrected chi connectivity index (χ0v) is 21.8. The second kappa shape index (κ2) is 9.89. The second-order valence-electron chi connectivity index (χ2n) is 9.73. The first-order chi connectivity index (χ1) is 18.3. The van der Waals surface area contributed by atoms with Crippen LogP contribution in [-0.4, -0.2) is 34.5 Å². The number of carbonyl (C=O) groups is 1. The van der Waals surface area contributed by atoms with Crippen molar-refractivity contribution >= 4 is 27.3 Å². The molecule has 0 radical (unpaired) electrons. The van der Waals surface area contributed by atoms with Crippen molar-refractivity contribution in [3.63, 3.8) is 0 Å². The van der Waals surface area contributed by atoms with Gasteiger partial charge in [-0.2, -0.15) is 31.4 Å². The number of rotatable bonds is 5. The van der Waals surface area contributed by atoms with E-state index in [1.807, 2.05) is 0 Å². The van der Waals surface area contributed by atoms with Crippen molar-refractivity contribution in [3.05, 3.63) is 77.6 Å². The third-order valence-electron chi connectivity index (χ3n) is 5.36. The van der Waals surface area contributed by atoms with Crippen molar-refractivity contribution in [1.82, 2.24) is 19.3 Å². The van der Waals surface area contributed by atoms with Crippen molar-refractivity contribution in [3.8, 4) is 11.3 Å². The summed E-state index contributed by atoms with van der Waals surface area (Å²) < 4.78 is 109. The first-order valence-electron chi connectivity index (χ1n) is 11.4. The highest BCUT2D eigenvalue weighted by atomic mass is 32.2. The normalized spacial score (nSPS) is 13.0. The third kappa shape index (κ3) is 6.25. The quantitative estimate of drug-likeness (QED) is 0.290. The van der Waals surface area contributed by atoms with Gasteiger partial charge in [-0.05, 0) is 57.2 Å². The van der Waals surface area contributed by atoms with E-state index in [0.29, 0.717) is 22.7 Å². The summed E-state index contributed by atoms with van der Waals surface area (Å²) in [6.07, 6.45) is -8.75. The van der Waals surface area contributed by atoms with E-state index >= 15 is 0 Å². The number of nitrogens with one attached hydrogen (secondary N) is 2. The number of benzene rings is 2. The van der Waals surface area contributed by atoms with Gasteiger partial charge in [0.2, 0.25) is 10.0 Å². The van der Waals surface area contributed by atoms with Gasteiger partial charge in [0.05, 0.1) is 22.3 Å². The lowest BCUT2D eigenvalue weighted by molar-refractivity contribution is -0.142. The van der Waals surface area contributed by atoms with Gasteiger partial charge in [0.1, 0.15) is 5.56 Å². The predicted molar refractivity (Wildman–Crippen MR) is 133 cm³/mol. The molecule has 0 saturated heterocycles. The standard InChI is InChI=1S/C25H21F6N5O3S/c1-23(2,3)35-40(38,39)17-6-4-5-16(11-17)33-22(37)18-13-32-36-20(25(29,30)31)12-19(34-21(18)36)14-7-9-15(10-8-14)24(26,27)28/h4-13,35H,1-3H3,(H,33,37). The summed E-state index contributed by atoms with van der Waals surface area (Å²) in [5.41, 5.74) is -4.38. The van der Waals surface area contributed by atoms with Gasteiger partial charge in [-0.1, -0.05) is 18.2 Å². The summed E-state index contributed by atoms with van der Waals surface area (Å²) in [5, 5.41) is 6.07. The highest BCUT2D eigenvalue weighted by Crippen LogP contribution is 2.34. The molecular weight excluding hydrogens is 564 g/mol. The number of amides is 1. The van der Waals surface area contributed by atoms with E-state index in [0.717, 1.165) is 18.3 Å². The Morgan fingerprint density at radius 3 is 2.12 bits per heavy atom. The summed E-state index contributed by atoms with van der Waals surface area (Å²) in [4.78, 5) is 17.0. The molecule has 2 heterocycles. The van der Waals surface area contributed by atoms with Crippen LogP contribution in [0.3, 0.4) is 0 Å². The molecule has 0 saturated carbocycles. The molecular formula is C25H21F6N5O3S. The maximum atomic E-state index is 13.9. The van der Waals surface area contributed by atoms with Gasteiger partial charge in [0.15, 0.2) is 11.3 Å². The highest BCUT2D eigenvalue weighted by Gasteiger charge is 2.36. The summed E-state index contributed by atoms with van der Waals surface area (Å²) in [5.74, 6) is -0.946. The van der Waals surface area contributed by atoms with Crippen LogP contribution in [0.15, 0.2) is 65.7 Å². The summed E-state index contributed by atoms with van der Waals surface area (Å²) in [6.45, 7) is 4.92. The molecule has 0 aliphatic carbocycles. The summed E-state index contributed by atoms with van der Waals surface area (Å²) in [7, 11) is -3.96. The van der Waals surface area contributed by atoms with Crippen molar-refractivity contribution in [2.24, 2.45) is 0 Å². The predicted octanol–water partition coefficient (Wildman–Crippen LogP) is 5.76. The zero-order valence-electron chi connectivity index (χ0n) is 21.0. The maximum Gasteiger partial charge on any atom is 0.433 e. The minimum Gasteiger partial charge on any atom is -0.322 e. The third-order valence-corrected chi connectivity index (χ3v) is 7.11. The smallest absolute Gasteiger partial charge is 0.322 e. The average Bonchev–Trinajstić information content (AvgIpc) is 3.25. The van der Waals surface area contributed by atoms with Crippen LogP contribution in [0.2, 0.25) is 0 Å². The molecule has 0 unspecified atom stereocenters. The molecule has 0 aliphatic rings. The summed E-state index contributed by atoms with van der Waals surface area (Å²) >= 11 is 0. The van der Waals surface area contributed by atoms with Crippen molar-refractivity contribution in [2.75, 3.05) is 5.32 Å². The molecule has 2 aromatic heterocycles. The van der Waals surface area contributed by atoms with Crippen LogP contribution in [0.4, 0.5) is 32.0 Å². The van der Waals surface area contributed by atoms with Gasteiger partial charge in [0, 0.05) is 16.8 Å². The molecule has 0 atom stereocenters. The molecule has 4 aromatic rings. The van der Waals surface area contributed by atoms with Crippen LogP contribution in [0.5, 0.6) is 0 Å². The van der Waals surface area contributed by atoms with E-state index in [1.165, 1.54) is 24.3 Å². The van der Waals surface area contributed by atoms with Gasteiger partial charge < -0.3 is 5.32 Å². The Morgan fingerprint density at radius 2 is 1.55 bits per heavy atom. The van der Waals surface area contributed by atoms with Gasteiger partial charge >= 0.3 is 12.4 Å². The van der Waals surface area contributed by atoms with Gasteiger partial charge in [-0.25, -0.2) is 22.6 Å². The summed E-state index contributed by atoms with van der Waals surface area (Å²) in [6, 6.07) is 9.16. The van der Waals surface area contributed by atoms with Crippen molar-refractivity contribution in [2.45, 2.75) is 43.6 Å². The lowest BCUT2D eigenvalue weighted by Crippen LogP contribution is -2.40. The minimum atomic E-state index is -4.95. The fraction of sp³-hybridized carbons (Fsp3) is 0.240. The van der Waals surface area contributed by atoms with Crippen molar-refractivity contribution in [1.29, 1.82) is 0 Å². The first-order valence-corrected chi connectivity index (χ1v) is 12.9. The van der Waals surface area contributed by atoms with Crippen molar-refractivity contribution < 1.29 is 39.6 Å². The Hall–Kier alpha value is -3.98. The molecule has 2 N–H and O–H groups in total. The molecule has 0 aliphatic heterocycles. The van der Waals surface area contributed by atoms with E-state index < -0.39 is 50.7 Å². The number of anilines is 1. The van der Waals surface area contributed by atoms with Crippen LogP contribution in [-0.2, 0) is 22.4 Å². The van der Waals surface area contributed by atoms with E-state index in [1.54, 1.807) is 20.8 Å². The molecule has 0 spiro atoms. The minimum absolute atomic E-state index is 0.0241. The Kier molecular flexibility index (Phi) is 7.17. The van der Waals surface area contributed by atoms with E-state index in [2.05, 4.69) is 20.1 Å². The molecule has 0 bridgehead atoms. The van der Waals surface area contributed by atoms with Gasteiger partial charge in [0.25, 0.3) is 5.91 Å². The Labute approximate surface area is 224 Å². The molecule has 15 heteroatoms. The fourth-order valence-electron chi connectivity index (χ4n) is 3.70. The van der Waals surface area contributed by atoms with Gasteiger partial charge in [-0.3, -0.25) is 4.79 Å². The number of hydrogen-bond acceptors (Lipinski definition) is 5. The largest absolute Gasteiger partial charge is 0.433 e. The van der Waals surface area contributed by atoms with Crippen LogP contribution in [0.25, 0.3) is 16.9 Å². The van der Waals surface area contributed by atoms with E-state index in [-0.39, 0.29) is 27.4 Å². The van der Waals surface area contributed by atoms with Gasteiger partial charge in [-0.15, -0.1) is 0 Å². The number of fused-ring (bicyclic) bond motifs is 1. The van der Waals surface area contributed by atoms with Crippen LogP contribution in [0, 0.1) is 0 Å². The monoisotopic (exact) mass is 585 g/mol. The SMILES string of the molecule is CC(C)(C)NS(=O)(=O)c1cccc(NC(=O)c2cnn3c(C(F)(F)F)cc(-c4ccc(C(F)(F)F)cc4)nc23)c1. The topological polar surface area (TPSA) is 105 Å². The number of carbonyl (C=O) groups excluding carboxylic acids is 1. The molecule has 40 heavy (non-hydrogen) atoms. The Bertz CT molecular complexity index is 1690. The maximum absolute atomic E-state index is 13.9. The molecule has 1 amide bonds. The zero-order chi connectivity index (χ0) is 29.7. The van der Waals surface area contributed by atoms with E-state index in [4.69, 9.17) is 0 Å². The average molecular weight is 586 g/mol. The second-order valence-corrected chi connectivity index (χ2v) is 11.4. The number of alkyl halides is 6. The number of hydrogen-bond donors (Lipinski definition) is 2. The molecule has 212 valence electrons. The van der Waals surface area contributed by atoms with E-state index in [9.17, 15) is 39.6 Å². The number of halogens is 6. The van der Waals surface area contributed by atoms with Crippen LogP contribution >= 0.6 is 0 Å². The molecule has 4 rings (SSSR count). The number of sulfonamides is 1. The molecule has 0 fully saturated rings. The Balaban J connectivity index is 1.74. The van der Waals surface area contributed by atoms with Crippen LogP contribution < -0.4 is 10.0 Å². The highest BCUT2D eigenvalue weighted by molar-refractivity contribution is 7.89. The molecule has 8 nitrogen and oxygen atoms in total. The fourth-order valence-corrected chi connectivity index (χ4v) is 5.17. The van der Waals surface area contributed by atoms with Crippen LogP contribution in [0.1, 0.15) is 42.4 Å².